The summed E-state index contributed by atoms with van der Waals surface area (Å²) in [6, 6.07) is 8.08. The zero-order valence-electron chi connectivity index (χ0n) is 18.7. The Kier molecular flexibility index (Phi) is 8.86. The van der Waals surface area contributed by atoms with E-state index in [1.54, 1.807) is 6.07 Å². The van der Waals surface area contributed by atoms with E-state index >= 15 is 0 Å². The third-order valence-electron chi connectivity index (χ3n) is 5.97. The van der Waals surface area contributed by atoms with E-state index in [4.69, 9.17) is 17.3 Å². The Hall–Kier alpha value is -3.14. The first-order valence-corrected chi connectivity index (χ1v) is 11.7. The average Bonchev–Trinajstić information content (AvgIpc) is 3.25. The van der Waals surface area contributed by atoms with Gasteiger partial charge < -0.3 is 16.0 Å². The largest absolute Gasteiger partial charge is 0.370 e. The van der Waals surface area contributed by atoms with Gasteiger partial charge in [0.05, 0.1) is 6.54 Å². The van der Waals surface area contributed by atoms with E-state index in [2.05, 4.69) is 15.7 Å². The number of amides is 4. The van der Waals surface area contributed by atoms with Gasteiger partial charge in [-0.3, -0.25) is 24.6 Å². The zero-order chi connectivity index (χ0) is 24.7. The number of halogens is 2. The lowest BCUT2D eigenvalue weighted by atomic mass is 9.84. The van der Waals surface area contributed by atoms with Crippen LogP contribution in [0.2, 0.25) is 0 Å². The van der Waals surface area contributed by atoms with E-state index in [0.29, 0.717) is 11.4 Å². The Labute approximate surface area is 201 Å². The van der Waals surface area contributed by atoms with Crippen LogP contribution in [0.3, 0.4) is 0 Å². The summed E-state index contributed by atoms with van der Waals surface area (Å²) in [5.41, 5.74) is 6.08. The number of alkyl halides is 2. The summed E-state index contributed by atoms with van der Waals surface area (Å²) in [6.45, 7) is -0.348. The van der Waals surface area contributed by atoms with Crippen LogP contribution in [-0.4, -0.2) is 51.8 Å². The van der Waals surface area contributed by atoms with Crippen LogP contribution in [0.5, 0.6) is 0 Å². The number of hydrazine groups is 1. The molecule has 1 aliphatic carbocycles. The normalized spacial score (nSPS) is 15.9. The third kappa shape index (κ3) is 6.93. The molecule has 5 N–H and O–H groups in total. The molecule has 34 heavy (non-hydrogen) atoms. The molecule has 0 radical (unpaired) electrons. The summed E-state index contributed by atoms with van der Waals surface area (Å²) in [6.07, 6.45) is 5.09. The molecule has 4 amide bonds. The third-order valence-corrected chi connectivity index (χ3v) is 6.16. The van der Waals surface area contributed by atoms with Crippen molar-refractivity contribution in [2.75, 3.05) is 6.54 Å². The molecular formula is C23H29ClFN5O4. The smallest absolute Gasteiger partial charge is 0.291 e. The first-order valence-electron chi connectivity index (χ1n) is 11.3. The summed E-state index contributed by atoms with van der Waals surface area (Å²) >= 11 is 5.26. The minimum Gasteiger partial charge on any atom is -0.370 e. The predicted molar refractivity (Wildman–Crippen MR) is 125 cm³/mol. The molecule has 1 heterocycles. The molecule has 1 aliphatic rings. The molecule has 0 unspecified atom stereocenters. The second kappa shape index (κ2) is 11.8. The van der Waals surface area contributed by atoms with E-state index < -0.39 is 35.3 Å². The van der Waals surface area contributed by atoms with E-state index in [9.17, 15) is 23.6 Å². The number of hydrogen-bond donors (Lipinski definition) is 4. The Balaban J connectivity index is 1.76. The lowest BCUT2D eigenvalue weighted by Crippen LogP contribution is -2.56. The molecule has 0 bridgehead atoms. The van der Waals surface area contributed by atoms with Gasteiger partial charge in [0, 0.05) is 17.3 Å². The molecule has 0 spiro atoms. The molecule has 1 aromatic heterocycles. The Bertz CT molecular complexity index is 1000. The average molecular weight is 494 g/mol. The van der Waals surface area contributed by atoms with E-state index in [-0.39, 0.29) is 24.6 Å². The number of nitrogens with zero attached hydrogens (tertiary/aromatic N) is 1. The molecule has 9 nitrogen and oxygen atoms in total. The van der Waals surface area contributed by atoms with E-state index in [1.165, 1.54) is 0 Å². The molecular weight excluding hydrogens is 465 g/mol. The molecule has 1 fully saturated rings. The van der Waals surface area contributed by atoms with Crippen molar-refractivity contribution in [1.29, 1.82) is 0 Å². The molecule has 1 saturated carbocycles. The van der Waals surface area contributed by atoms with Crippen molar-refractivity contribution >= 4 is 46.1 Å². The fourth-order valence-electron chi connectivity index (χ4n) is 4.19. The second-order valence-electron chi connectivity index (χ2n) is 8.52. The number of aromatic amines is 1. The van der Waals surface area contributed by atoms with Gasteiger partial charge in [0.25, 0.3) is 23.4 Å². The maximum atomic E-state index is 13.5. The van der Waals surface area contributed by atoms with Crippen LogP contribution in [0, 0.1) is 5.92 Å². The van der Waals surface area contributed by atoms with Gasteiger partial charge in [0.1, 0.15) is 11.7 Å². The van der Waals surface area contributed by atoms with Gasteiger partial charge >= 0.3 is 0 Å². The number of aromatic nitrogens is 1. The standard InChI is InChI=1S/C23H29ClFN5O4/c24-20(25)23(34)30(11-10-19(26)31)29-22(33)17(12-14-6-2-1-3-7-14)28-21(32)18-13-15-8-4-5-9-16(15)27-18/h4-5,8-9,13-14,17,20,27H,1-3,6-7,10-12H2,(H2,26,31)(H,28,32)(H,29,33)/t17-,20+/m0/s1. The van der Waals surface area contributed by atoms with Crippen LogP contribution in [0.25, 0.3) is 10.9 Å². The Morgan fingerprint density at radius 3 is 2.53 bits per heavy atom. The maximum Gasteiger partial charge on any atom is 0.291 e. The molecule has 3 rings (SSSR count). The molecule has 1 aromatic carbocycles. The number of hydrogen-bond acceptors (Lipinski definition) is 4. The number of benzene rings is 1. The maximum absolute atomic E-state index is 13.5. The van der Waals surface area contributed by atoms with Crippen LogP contribution < -0.4 is 16.5 Å². The number of primary amides is 1. The van der Waals surface area contributed by atoms with Gasteiger partial charge in [0.2, 0.25) is 5.91 Å². The highest BCUT2D eigenvalue weighted by molar-refractivity contribution is 6.29. The van der Waals surface area contributed by atoms with Crippen molar-refractivity contribution in [2.24, 2.45) is 11.7 Å². The fraction of sp³-hybridized carbons (Fsp3) is 0.478. The van der Waals surface area contributed by atoms with Gasteiger partial charge in [-0.1, -0.05) is 61.9 Å². The van der Waals surface area contributed by atoms with Gasteiger partial charge in [-0.15, -0.1) is 0 Å². The summed E-state index contributed by atoms with van der Waals surface area (Å²) in [5, 5.41) is 4.22. The van der Waals surface area contributed by atoms with Crippen molar-refractivity contribution in [3.8, 4) is 0 Å². The summed E-state index contributed by atoms with van der Waals surface area (Å²) in [7, 11) is 0. The molecule has 0 aliphatic heterocycles. The number of nitrogens with two attached hydrogens (primary N) is 1. The van der Waals surface area contributed by atoms with Gasteiger partial charge in [-0.2, -0.15) is 0 Å². The number of rotatable bonds is 9. The minimum atomic E-state index is -2.41. The van der Waals surface area contributed by atoms with Crippen LogP contribution in [0.15, 0.2) is 30.3 Å². The summed E-state index contributed by atoms with van der Waals surface area (Å²) in [5.74, 6) is -2.94. The molecule has 2 atom stereocenters. The number of para-hydroxylation sites is 1. The highest BCUT2D eigenvalue weighted by atomic mass is 35.5. The molecule has 184 valence electrons. The first kappa shape index (κ1) is 25.5. The second-order valence-corrected chi connectivity index (χ2v) is 8.90. The molecule has 11 heteroatoms. The van der Waals surface area contributed by atoms with E-state index in [1.807, 2.05) is 24.3 Å². The highest BCUT2D eigenvalue weighted by Gasteiger charge is 2.30. The van der Waals surface area contributed by atoms with Gasteiger partial charge in [-0.05, 0) is 24.5 Å². The number of carbonyl (C=O) groups excluding carboxylic acids is 4. The quantitative estimate of drug-likeness (QED) is 0.315. The fourth-order valence-corrected chi connectivity index (χ4v) is 4.31. The van der Waals surface area contributed by atoms with Crippen molar-refractivity contribution < 1.29 is 23.6 Å². The Morgan fingerprint density at radius 2 is 1.88 bits per heavy atom. The highest BCUT2D eigenvalue weighted by Crippen LogP contribution is 2.27. The number of carbonyl (C=O) groups is 4. The first-order chi connectivity index (χ1) is 16.2. The van der Waals surface area contributed by atoms with Crippen molar-refractivity contribution in [3.63, 3.8) is 0 Å². The Morgan fingerprint density at radius 1 is 1.18 bits per heavy atom. The summed E-state index contributed by atoms with van der Waals surface area (Å²) < 4.78 is 13.5. The minimum absolute atomic E-state index is 0.212. The van der Waals surface area contributed by atoms with E-state index in [0.717, 1.165) is 43.0 Å². The van der Waals surface area contributed by atoms with Crippen LogP contribution in [-0.2, 0) is 14.4 Å². The number of nitrogens with one attached hydrogen (secondary N) is 3. The van der Waals surface area contributed by atoms with Crippen molar-refractivity contribution in [3.05, 3.63) is 36.0 Å². The van der Waals surface area contributed by atoms with Gasteiger partial charge in [-0.25, -0.2) is 9.40 Å². The van der Waals surface area contributed by atoms with Crippen molar-refractivity contribution in [1.82, 2.24) is 20.7 Å². The SMILES string of the molecule is NC(=O)CCN(NC(=O)[C@H](CC1CCCCC1)NC(=O)c1cc2ccccc2[nH]1)C(=O)[C@@H](F)Cl. The van der Waals surface area contributed by atoms with Crippen LogP contribution in [0.1, 0.15) is 55.4 Å². The zero-order valence-corrected chi connectivity index (χ0v) is 19.4. The molecule has 0 saturated heterocycles. The van der Waals surface area contributed by atoms with Gasteiger partial charge in [0.15, 0.2) is 0 Å². The van der Waals surface area contributed by atoms with Crippen LogP contribution in [0.4, 0.5) is 4.39 Å². The topological polar surface area (TPSA) is 137 Å². The van der Waals surface area contributed by atoms with Crippen molar-refractivity contribution in [2.45, 2.75) is 56.6 Å². The lowest BCUT2D eigenvalue weighted by molar-refractivity contribution is -0.144. The van der Waals surface area contributed by atoms with Crippen LogP contribution >= 0.6 is 11.6 Å². The summed E-state index contributed by atoms with van der Waals surface area (Å²) in [4.78, 5) is 52.4. The lowest BCUT2D eigenvalue weighted by Gasteiger charge is -2.29. The predicted octanol–water partition coefficient (Wildman–Crippen LogP) is 2.51. The monoisotopic (exact) mass is 493 g/mol. The number of fused-ring (bicyclic) bond motifs is 1. The number of H-pyrrole nitrogens is 1. The molecule has 2 aromatic rings.